The monoisotopic (exact) mass is 456 g/mol. The molecule has 1 aromatic rings. The number of rotatable bonds is 5. The lowest BCUT2D eigenvalue weighted by Gasteiger charge is -2.47. The number of aliphatic carboxylic acids is 1. The predicted octanol–water partition coefficient (Wildman–Crippen LogP) is 6.22. The van der Waals surface area contributed by atoms with E-state index in [0.717, 1.165) is 35.7 Å². The van der Waals surface area contributed by atoms with Crippen LogP contribution in [0.15, 0.2) is 16.1 Å². The molecular formula is C21H26BrClO4. The molecule has 0 radical (unpaired) electrons. The number of phenols is 1. The van der Waals surface area contributed by atoms with Gasteiger partial charge in [0, 0.05) is 23.0 Å². The zero-order valence-corrected chi connectivity index (χ0v) is 18.3. The summed E-state index contributed by atoms with van der Waals surface area (Å²) in [6.07, 6.45) is 6.89. The van der Waals surface area contributed by atoms with Gasteiger partial charge in [0.1, 0.15) is 17.1 Å². The van der Waals surface area contributed by atoms with Crippen LogP contribution in [-0.2, 0) is 11.2 Å². The normalized spacial score (nSPS) is 23.1. The highest BCUT2D eigenvalue weighted by Crippen LogP contribution is 2.58. The van der Waals surface area contributed by atoms with E-state index in [-0.39, 0.29) is 17.6 Å². The number of halogens is 2. The summed E-state index contributed by atoms with van der Waals surface area (Å²) in [4.78, 5) is 11.5. The fourth-order valence-corrected chi connectivity index (χ4v) is 5.48. The van der Waals surface area contributed by atoms with Crippen LogP contribution in [0.1, 0.15) is 69.9 Å². The standard InChI is InChI=1S/C21H26BrClO4/c1-4-5-6-7-12-16(22)19-15(18(24)17(12)23)13-10-11(20(25)26)8-9-14(13)21(2,3)27-19/h10,13-14,24H,4-9H2,1-3H3,(H,25,26). The highest BCUT2D eigenvalue weighted by atomic mass is 79.9. The Hall–Kier alpha value is -1.20. The summed E-state index contributed by atoms with van der Waals surface area (Å²) in [6.45, 7) is 6.20. The molecule has 148 valence electrons. The van der Waals surface area contributed by atoms with Crippen molar-refractivity contribution in [1.29, 1.82) is 0 Å². The van der Waals surface area contributed by atoms with Crippen LogP contribution in [-0.4, -0.2) is 21.8 Å². The molecule has 2 unspecified atom stereocenters. The quantitative estimate of drug-likeness (QED) is 0.515. The minimum Gasteiger partial charge on any atom is -0.506 e. The molecule has 0 aromatic heterocycles. The van der Waals surface area contributed by atoms with Crippen LogP contribution in [0.3, 0.4) is 0 Å². The number of hydrogen-bond acceptors (Lipinski definition) is 3. The van der Waals surface area contributed by atoms with Crippen molar-refractivity contribution >= 4 is 33.5 Å². The second-order valence-electron chi connectivity index (χ2n) is 8.03. The molecule has 2 aliphatic rings. The van der Waals surface area contributed by atoms with Crippen LogP contribution in [0, 0.1) is 5.92 Å². The maximum atomic E-state index is 11.5. The van der Waals surface area contributed by atoms with Gasteiger partial charge >= 0.3 is 5.97 Å². The topological polar surface area (TPSA) is 66.8 Å². The molecule has 1 aliphatic heterocycles. The summed E-state index contributed by atoms with van der Waals surface area (Å²) in [5, 5.41) is 20.7. The molecule has 4 nitrogen and oxygen atoms in total. The number of aromatic hydroxyl groups is 1. The van der Waals surface area contributed by atoms with Gasteiger partial charge in [0.05, 0.1) is 9.50 Å². The van der Waals surface area contributed by atoms with Gasteiger partial charge in [0.25, 0.3) is 0 Å². The second kappa shape index (κ2) is 7.67. The smallest absolute Gasteiger partial charge is 0.331 e. The van der Waals surface area contributed by atoms with Crippen molar-refractivity contribution in [3.63, 3.8) is 0 Å². The maximum Gasteiger partial charge on any atom is 0.331 e. The van der Waals surface area contributed by atoms with E-state index in [2.05, 4.69) is 22.9 Å². The minimum atomic E-state index is -0.903. The van der Waals surface area contributed by atoms with Gasteiger partial charge in [-0.1, -0.05) is 37.4 Å². The molecule has 0 saturated heterocycles. The van der Waals surface area contributed by atoms with Crippen LogP contribution in [0.25, 0.3) is 0 Å². The molecule has 2 atom stereocenters. The van der Waals surface area contributed by atoms with Crippen molar-refractivity contribution in [1.82, 2.24) is 0 Å². The largest absolute Gasteiger partial charge is 0.506 e. The first-order valence-corrected chi connectivity index (χ1v) is 10.7. The Morgan fingerprint density at radius 2 is 2.11 bits per heavy atom. The lowest BCUT2D eigenvalue weighted by atomic mass is 9.67. The van der Waals surface area contributed by atoms with Crippen molar-refractivity contribution in [2.45, 2.75) is 70.8 Å². The zero-order chi connectivity index (χ0) is 19.9. The SMILES string of the molecule is CCCCCc1c(Cl)c(O)c2c(c1Br)OC(C)(C)C1CCC(C(=O)O)=CC21. The van der Waals surface area contributed by atoms with E-state index in [0.29, 0.717) is 34.8 Å². The number of carboxylic acids is 1. The van der Waals surface area contributed by atoms with E-state index in [9.17, 15) is 15.0 Å². The molecule has 2 N–H and O–H groups in total. The number of allylic oxidation sites excluding steroid dienone is 1. The number of unbranched alkanes of at least 4 members (excludes halogenated alkanes) is 2. The number of hydrogen-bond donors (Lipinski definition) is 2. The molecule has 6 heteroatoms. The first-order chi connectivity index (χ1) is 12.7. The van der Waals surface area contributed by atoms with E-state index in [1.165, 1.54) is 0 Å². The Bertz CT molecular complexity index is 800. The Labute approximate surface area is 173 Å². The van der Waals surface area contributed by atoms with Crippen LogP contribution in [0.4, 0.5) is 0 Å². The van der Waals surface area contributed by atoms with E-state index >= 15 is 0 Å². The minimum absolute atomic E-state index is 0.0229. The number of phenolic OH excluding ortho intramolecular Hbond substituents is 1. The Kier molecular flexibility index (Phi) is 5.83. The Morgan fingerprint density at radius 1 is 1.41 bits per heavy atom. The number of benzene rings is 1. The summed E-state index contributed by atoms with van der Waals surface area (Å²) < 4.78 is 7.13. The lowest BCUT2D eigenvalue weighted by Crippen LogP contribution is -2.45. The average Bonchev–Trinajstić information content (AvgIpc) is 2.62. The van der Waals surface area contributed by atoms with Crippen molar-refractivity contribution < 1.29 is 19.7 Å². The summed E-state index contributed by atoms with van der Waals surface area (Å²) in [5.41, 5.74) is 1.38. The zero-order valence-electron chi connectivity index (χ0n) is 15.9. The molecule has 27 heavy (non-hydrogen) atoms. The van der Waals surface area contributed by atoms with Crippen LogP contribution in [0.2, 0.25) is 5.02 Å². The van der Waals surface area contributed by atoms with Crippen molar-refractivity contribution in [2.75, 3.05) is 0 Å². The third-order valence-electron chi connectivity index (χ3n) is 5.87. The molecule has 0 spiro atoms. The highest BCUT2D eigenvalue weighted by molar-refractivity contribution is 9.10. The molecule has 1 aliphatic carbocycles. The molecular weight excluding hydrogens is 432 g/mol. The van der Waals surface area contributed by atoms with Gasteiger partial charge in [-0.15, -0.1) is 0 Å². The predicted molar refractivity (Wildman–Crippen MR) is 110 cm³/mol. The van der Waals surface area contributed by atoms with Crippen molar-refractivity contribution in [2.24, 2.45) is 5.92 Å². The Morgan fingerprint density at radius 3 is 2.74 bits per heavy atom. The summed E-state index contributed by atoms with van der Waals surface area (Å²) in [7, 11) is 0. The van der Waals surface area contributed by atoms with Crippen molar-refractivity contribution in [3.8, 4) is 11.5 Å². The van der Waals surface area contributed by atoms with E-state index in [4.69, 9.17) is 16.3 Å². The summed E-state index contributed by atoms with van der Waals surface area (Å²) in [6, 6.07) is 0. The number of ether oxygens (including phenoxy) is 1. The molecule has 0 saturated carbocycles. The first-order valence-electron chi connectivity index (χ1n) is 9.54. The molecule has 0 bridgehead atoms. The van der Waals surface area contributed by atoms with E-state index in [1.807, 2.05) is 13.8 Å². The summed E-state index contributed by atoms with van der Waals surface area (Å²) in [5.74, 6) is -0.442. The van der Waals surface area contributed by atoms with Gasteiger partial charge < -0.3 is 14.9 Å². The van der Waals surface area contributed by atoms with E-state index < -0.39 is 11.6 Å². The van der Waals surface area contributed by atoms with Gasteiger partial charge in [0.15, 0.2) is 0 Å². The lowest BCUT2D eigenvalue weighted by molar-refractivity contribution is -0.133. The van der Waals surface area contributed by atoms with Crippen LogP contribution >= 0.6 is 27.5 Å². The third-order valence-corrected chi connectivity index (χ3v) is 7.12. The summed E-state index contributed by atoms with van der Waals surface area (Å²) >= 11 is 10.2. The van der Waals surface area contributed by atoms with Gasteiger partial charge in [-0.2, -0.15) is 0 Å². The molecule has 1 aromatic carbocycles. The van der Waals surface area contributed by atoms with Gasteiger partial charge in [-0.25, -0.2) is 4.79 Å². The fraction of sp³-hybridized carbons (Fsp3) is 0.571. The van der Waals surface area contributed by atoms with Gasteiger partial charge in [-0.3, -0.25) is 0 Å². The molecule has 0 fully saturated rings. The van der Waals surface area contributed by atoms with Gasteiger partial charge in [0.2, 0.25) is 0 Å². The van der Waals surface area contributed by atoms with Crippen LogP contribution in [0.5, 0.6) is 11.5 Å². The molecule has 0 amide bonds. The first kappa shape index (κ1) is 20.5. The molecule has 3 rings (SSSR count). The number of fused-ring (bicyclic) bond motifs is 3. The number of carboxylic acid groups (broad SMARTS) is 1. The second-order valence-corrected chi connectivity index (χ2v) is 9.20. The maximum absolute atomic E-state index is 11.5. The number of carbonyl (C=O) groups is 1. The average molecular weight is 458 g/mol. The highest BCUT2D eigenvalue weighted by Gasteiger charge is 2.47. The fourth-order valence-electron chi connectivity index (χ4n) is 4.39. The van der Waals surface area contributed by atoms with Crippen molar-refractivity contribution in [3.05, 3.63) is 32.3 Å². The van der Waals surface area contributed by atoms with Gasteiger partial charge in [-0.05, 0) is 61.0 Å². The van der Waals surface area contributed by atoms with E-state index in [1.54, 1.807) is 6.08 Å². The third kappa shape index (κ3) is 3.61. The molecule has 1 heterocycles. The van der Waals surface area contributed by atoms with Crippen LogP contribution < -0.4 is 4.74 Å². The Balaban J connectivity index is 2.16.